The Labute approximate surface area is 123 Å². The first-order valence-electron chi connectivity index (χ1n) is 7.16. The van der Waals surface area contributed by atoms with Crippen molar-refractivity contribution in [3.8, 4) is 0 Å². The molecule has 104 valence electrons. The second-order valence-corrected chi connectivity index (χ2v) is 6.33. The van der Waals surface area contributed by atoms with Crippen molar-refractivity contribution in [3.05, 3.63) is 28.2 Å². The number of benzene rings is 1. The number of morpholine rings is 1. The molecule has 0 spiro atoms. The molecule has 0 aromatic heterocycles. The molecule has 2 heterocycles. The van der Waals surface area contributed by atoms with E-state index in [2.05, 4.69) is 51.3 Å². The minimum atomic E-state index is 0.435. The summed E-state index contributed by atoms with van der Waals surface area (Å²) >= 11 is 3.60. The van der Waals surface area contributed by atoms with E-state index in [9.17, 15) is 0 Å². The molecule has 3 rings (SSSR count). The van der Waals surface area contributed by atoms with E-state index in [1.54, 1.807) is 0 Å². The zero-order valence-electron chi connectivity index (χ0n) is 11.4. The van der Waals surface area contributed by atoms with E-state index < -0.39 is 0 Å². The van der Waals surface area contributed by atoms with Crippen LogP contribution in [0.2, 0.25) is 0 Å². The normalized spacial score (nSPS) is 25.9. The van der Waals surface area contributed by atoms with Gasteiger partial charge in [-0.2, -0.15) is 0 Å². The number of hydrogen-bond donors (Lipinski definition) is 1. The molecule has 0 amide bonds. The van der Waals surface area contributed by atoms with Crippen molar-refractivity contribution in [3.63, 3.8) is 0 Å². The van der Waals surface area contributed by atoms with Crippen LogP contribution in [0.25, 0.3) is 0 Å². The molecule has 4 heteroatoms. The second kappa shape index (κ2) is 5.81. The van der Waals surface area contributed by atoms with Gasteiger partial charge >= 0.3 is 0 Å². The van der Waals surface area contributed by atoms with Gasteiger partial charge < -0.3 is 15.0 Å². The highest BCUT2D eigenvalue weighted by molar-refractivity contribution is 9.10. The molecule has 0 radical (unpaired) electrons. The highest BCUT2D eigenvalue weighted by Crippen LogP contribution is 2.32. The van der Waals surface area contributed by atoms with E-state index in [4.69, 9.17) is 4.74 Å². The van der Waals surface area contributed by atoms with Crippen LogP contribution in [0.4, 0.5) is 5.69 Å². The molecule has 2 aliphatic heterocycles. The maximum Gasteiger partial charge on any atom is 0.0755 e. The molecular formula is C15H21BrN2O. The third-order valence-electron chi connectivity index (χ3n) is 4.00. The Morgan fingerprint density at radius 1 is 1.32 bits per heavy atom. The number of fused-ring (bicyclic) bond motifs is 2. The SMILES string of the molecule is CCNCc1ccc(Br)cc1N1CC2CCC(C1)O2. The molecule has 2 bridgehead atoms. The number of rotatable bonds is 4. The smallest absolute Gasteiger partial charge is 0.0755 e. The van der Waals surface area contributed by atoms with Crippen LogP contribution in [-0.2, 0) is 11.3 Å². The first kappa shape index (κ1) is 13.4. The van der Waals surface area contributed by atoms with Crippen LogP contribution in [0.15, 0.2) is 22.7 Å². The molecule has 2 fully saturated rings. The topological polar surface area (TPSA) is 24.5 Å². The zero-order valence-corrected chi connectivity index (χ0v) is 12.9. The van der Waals surface area contributed by atoms with Crippen LogP contribution in [-0.4, -0.2) is 31.8 Å². The molecule has 1 aromatic carbocycles. The second-order valence-electron chi connectivity index (χ2n) is 5.42. The van der Waals surface area contributed by atoms with Crippen LogP contribution in [0.5, 0.6) is 0 Å². The van der Waals surface area contributed by atoms with Gasteiger partial charge in [-0.15, -0.1) is 0 Å². The van der Waals surface area contributed by atoms with Gasteiger partial charge in [0, 0.05) is 29.8 Å². The Morgan fingerprint density at radius 3 is 2.74 bits per heavy atom. The van der Waals surface area contributed by atoms with E-state index in [1.807, 2.05) is 0 Å². The third-order valence-corrected chi connectivity index (χ3v) is 4.49. The highest BCUT2D eigenvalue weighted by Gasteiger charge is 2.34. The Kier molecular flexibility index (Phi) is 4.10. The van der Waals surface area contributed by atoms with Crippen molar-refractivity contribution in [2.75, 3.05) is 24.5 Å². The van der Waals surface area contributed by atoms with Crippen LogP contribution >= 0.6 is 15.9 Å². The van der Waals surface area contributed by atoms with E-state index in [-0.39, 0.29) is 0 Å². The lowest BCUT2D eigenvalue weighted by Crippen LogP contribution is -2.43. The summed E-state index contributed by atoms with van der Waals surface area (Å²) in [5.74, 6) is 0. The van der Waals surface area contributed by atoms with E-state index in [0.29, 0.717) is 12.2 Å². The number of hydrogen-bond acceptors (Lipinski definition) is 3. The highest BCUT2D eigenvalue weighted by atomic mass is 79.9. The molecule has 2 saturated heterocycles. The van der Waals surface area contributed by atoms with Gasteiger partial charge in [-0.25, -0.2) is 0 Å². The van der Waals surface area contributed by atoms with E-state index >= 15 is 0 Å². The predicted octanol–water partition coefficient (Wildman–Crippen LogP) is 2.93. The third kappa shape index (κ3) is 2.96. The number of nitrogens with zero attached hydrogens (tertiary/aromatic N) is 1. The number of halogens is 1. The number of nitrogens with one attached hydrogen (secondary N) is 1. The fourth-order valence-corrected chi connectivity index (χ4v) is 3.40. The molecule has 19 heavy (non-hydrogen) atoms. The summed E-state index contributed by atoms with van der Waals surface area (Å²) in [7, 11) is 0. The van der Waals surface area contributed by atoms with Gasteiger partial charge in [0.2, 0.25) is 0 Å². The lowest BCUT2D eigenvalue weighted by atomic mass is 10.1. The van der Waals surface area contributed by atoms with Crippen molar-refractivity contribution < 1.29 is 4.74 Å². The molecular weight excluding hydrogens is 304 g/mol. The Hall–Kier alpha value is -0.580. The summed E-state index contributed by atoms with van der Waals surface area (Å²) in [4.78, 5) is 2.50. The lowest BCUT2D eigenvalue weighted by Gasteiger charge is -2.35. The monoisotopic (exact) mass is 324 g/mol. The van der Waals surface area contributed by atoms with Crippen LogP contribution in [0.3, 0.4) is 0 Å². The molecule has 2 atom stereocenters. The maximum absolute atomic E-state index is 5.93. The standard InChI is InChI=1S/C15H21BrN2O/c1-2-17-8-11-3-4-12(16)7-15(11)18-9-13-5-6-14(10-18)19-13/h3-4,7,13-14,17H,2,5-6,8-10H2,1H3. The fraction of sp³-hybridized carbons (Fsp3) is 0.600. The van der Waals surface area contributed by atoms with Crippen molar-refractivity contribution in [1.82, 2.24) is 5.32 Å². The fourth-order valence-electron chi connectivity index (χ4n) is 3.05. The summed E-state index contributed by atoms with van der Waals surface area (Å²) in [5, 5.41) is 3.43. The molecule has 3 nitrogen and oxygen atoms in total. The van der Waals surface area contributed by atoms with Crippen molar-refractivity contribution in [1.29, 1.82) is 0 Å². The Balaban J connectivity index is 1.83. The minimum absolute atomic E-state index is 0.435. The van der Waals surface area contributed by atoms with Crippen LogP contribution in [0, 0.1) is 0 Å². The lowest BCUT2D eigenvalue weighted by molar-refractivity contribution is 0.0304. The summed E-state index contributed by atoms with van der Waals surface area (Å²) < 4.78 is 7.09. The van der Waals surface area contributed by atoms with Crippen molar-refractivity contribution in [2.24, 2.45) is 0 Å². The summed E-state index contributed by atoms with van der Waals surface area (Å²) in [6.07, 6.45) is 3.31. The summed E-state index contributed by atoms with van der Waals surface area (Å²) in [6.45, 7) is 6.15. The number of ether oxygens (including phenoxy) is 1. The van der Waals surface area contributed by atoms with Gasteiger partial charge in [-0.05, 0) is 37.1 Å². The quantitative estimate of drug-likeness (QED) is 0.921. The molecule has 0 aliphatic carbocycles. The van der Waals surface area contributed by atoms with Gasteiger partial charge in [0.05, 0.1) is 12.2 Å². The Morgan fingerprint density at radius 2 is 2.05 bits per heavy atom. The van der Waals surface area contributed by atoms with E-state index in [0.717, 1.165) is 30.7 Å². The molecule has 0 saturated carbocycles. The minimum Gasteiger partial charge on any atom is -0.371 e. The van der Waals surface area contributed by atoms with Crippen molar-refractivity contribution >= 4 is 21.6 Å². The average Bonchev–Trinajstić information content (AvgIpc) is 2.76. The van der Waals surface area contributed by atoms with Crippen molar-refractivity contribution in [2.45, 2.75) is 38.5 Å². The zero-order chi connectivity index (χ0) is 13.2. The molecule has 1 aromatic rings. The molecule has 1 N–H and O–H groups in total. The average molecular weight is 325 g/mol. The number of anilines is 1. The largest absolute Gasteiger partial charge is 0.371 e. The first-order valence-corrected chi connectivity index (χ1v) is 7.95. The van der Waals surface area contributed by atoms with Gasteiger partial charge in [0.25, 0.3) is 0 Å². The van der Waals surface area contributed by atoms with Crippen LogP contribution in [0.1, 0.15) is 25.3 Å². The Bertz CT molecular complexity index is 440. The maximum atomic E-state index is 5.93. The molecule has 2 aliphatic rings. The van der Waals surface area contributed by atoms with Gasteiger partial charge in [-0.1, -0.05) is 28.9 Å². The summed E-state index contributed by atoms with van der Waals surface area (Å²) in [5.41, 5.74) is 2.74. The molecule has 2 unspecified atom stereocenters. The van der Waals surface area contributed by atoms with Gasteiger partial charge in [0.15, 0.2) is 0 Å². The first-order chi connectivity index (χ1) is 9.26. The van der Waals surface area contributed by atoms with Gasteiger partial charge in [-0.3, -0.25) is 0 Å². The van der Waals surface area contributed by atoms with E-state index in [1.165, 1.54) is 24.1 Å². The predicted molar refractivity (Wildman–Crippen MR) is 81.6 cm³/mol. The summed E-state index contributed by atoms with van der Waals surface area (Å²) in [6, 6.07) is 6.60. The van der Waals surface area contributed by atoms with Crippen LogP contribution < -0.4 is 10.2 Å². The van der Waals surface area contributed by atoms with Gasteiger partial charge in [0.1, 0.15) is 0 Å².